The fourth-order valence-electron chi connectivity index (χ4n) is 2.21. The molecule has 3 heteroatoms. The molecule has 0 amide bonds. The second-order valence-corrected chi connectivity index (χ2v) is 4.88. The molecular weight excluding hydrogens is 241 g/mol. The van der Waals surface area contributed by atoms with Crippen LogP contribution in [0.25, 0.3) is 0 Å². The standard InChI is InChI=1S/C16H24FNO/c1-3-11-18(12-4-2)13-5-6-16(19)14-7-9-15(17)10-8-14/h7-10H,3-6,11-13H2,1-2H3. The molecule has 0 saturated heterocycles. The molecule has 2 nitrogen and oxygen atoms in total. The van der Waals surface area contributed by atoms with Gasteiger partial charge in [-0.3, -0.25) is 4.79 Å². The van der Waals surface area contributed by atoms with E-state index in [9.17, 15) is 9.18 Å². The highest BCUT2D eigenvalue weighted by Gasteiger charge is 2.07. The van der Waals surface area contributed by atoms with Crippen LogP contribution in [0.3, 0.4) is 0 Å². The molecule has 0 fully saturated rings. The quantitative estimate of drug-likeness (QED) is 0.631. The number of nitrogens with zero attached hydrogens (tertiary/aromatic N) is 1. The predicted octanol–water partition coefficient (Wildman–Crippen LogP) is 3.91. The number of Topliss-reactive ketones (excluding diaryl/α,β-unsaturated/α-hetero) is 1. The largest absolute Gasteiger partial charge is 0.303 e. The molecule has 106 valence electrons. The van der Waals surface area contributed by atoms with E-state index in [1.807, 2.05) is 0 Å². The number of ketones is 1. The van der Waals surface area contributed by atoms with Crippen molar-refractivity contribution in [1.29, 1.82) is 0 Å². The zero-order chi connectivity index (χ0) is 14.1. The molecule has 0 radical (unpaired) electrons. The van der Waals surface area contributed by atoms with Crippen LogP contribution in [0.2, 0.25) is 0 Å². The summed E-state index contributed by atoms with van der Waals surface area (Å²) in [4.78, 5) is 14.3. The first-order valence-corrected chi connectivity index (χ1v) is 7.18. The van der Waals surface area contributed by atoms with Crippen LogP contribution in [-0.2, 0) is 0 Å². The molecule has 0 aliphatic heterocycles. The Hall–Kier alpha value is -1.22. The van der Waals surface area contributed by atoms with Crippen molar-refractivity contribution in [2.45, 2.75) is 39.5 Å². The first-order valence-electron chi connectivity index (χ1n) is 7.18. The molecule has 0 unspecified atom stereocenters. The number of carbonyl (C=O) groups excluding carboxylic acids is 1. The topological polar surface area (TPSA) is 20.3 Å². The summed E-state index contributed by atoms with van der Waals surface area (Å²) in [7, 11) is 0. The van der Waals surface area contributed by atoms with Gasteiger partial charge in [0.15, 0.2) is 5.78 Å². The first-order chi connectivity index (χ1) is 9.17. The highest BCUT2D eigenvalue weighted by atomic mass is 19.1. The van der Waals surface area contributed by atoms with Gasteiger partial charge in [-0.1, -0.05) is 13.8 Å². The molecule has 0 aromatic heterocycles. The van der Waals surface area contributed by atoms with Crippen LogP contribution in [0.1, 0.15) is 49.9 Å². The van der Waals surface area contributed by atoms with Gasteiger partial charge in [0.1, 0.15) is 5.82 Å². The molecule has 0 saturated carbocycles. The maximum absolute atomic E-state index is 12.8. The maximum atomic E-state index is 12.8. The van der Waals surface area contributed by atoms with Crippen molar-refractivity contribution < 1.29 is 9.18 Å². The average molecular weight is 265 g/mol. The van der Waals surface area contributed by atoms with Crippen LogP contribution >= 0.6 is 0 Å². The Bertz CT molecular complexity index is 369. The fraction of sp³-hybridized carbons (Fsp3) is 0.562. The molecule has 0 spiro atoms. The van der Waals surface area contributed by atoms with E-state index in [0.717, 1.165) is 38.9 Å². The van der Waals surface area contributed by atoms with Crippen molar-refractivity contribution >= 4 is 5.78 Å². The van der Waals surface area contributed by atoms with Crippen LogP contribution in [0.4, 0.5) is 4.39 Å². The smallest absolute Gasteiger partial charge is 0.162 e. The zero-order valence-corrected chi connectivity index (χ0v) is 12.0. The minimum atomic E-state index is -0.298. The molecule has 1 aromatic carbocycles. The van der Waals surface area contributed by atoms with E-state index in [2.05, 4.69) is 18.7 Å². The maximum Gasteiger partial charge on any atom is 0.162 e. The molecule has 1 aromatic rings. The van der Waals surface area contributed by atoms with Crippen molar-refractivity contribution in [2.75, 3.05) is 19.6 Å². The summed E-state index contributed by atoms with van der Waals surface area (Å²) in [6.07, 6.45) is 3.70. The first kappa shape index (κ1) is 15.8. The normalized spacial score (nSPS) is 10.9. The molecule has 0 aliphatic rings. The van der Waals surface area contributed by atoms with Gasteiger partial charge in [0.2, 0.25) is 0 Å². The van der Waals surface area contributed by atoms with Crippen LogP contribution in [0, 0.1) is 5.82 Å². The van der Waals surface area contributed by atoms with Gasteiger partial charge < -0.3 is 4.90 Å². The summed E-state index contributed by atoms with van der Waals surface area (Å²) in [5.74, 6) is -0.193. The van der Waals surface area contributed by atoms with Gasteiger partial charge in [0.25, 0.3) is 0 Å². The van der Waals surface area contributed by atoms with E-state index in [4.69, 9.17) is 0 Å². The lowest BCUT2D eigenvalue weighted by Crippen LogP contribution is -2.27. The van der Waals surface area contributed by atoms with Gasteiger partial charge in [-0.15, -0.1) is 0 Å². The summed E-state index contributed by atoms with van der Waals surface area (Å²) >= 11 is 0. The van der Waals surface area contributed by atoms with Crippen molar-refractivity contribution in [3.63, 3.8) is 0 Å². The molecular formula is C16H24FNO. The highest BCUT2D eigenvalue weighted by Crippen LogP contribution is 2.08. The van der Waals surface area contributed by atoms with Crippen molar-refractivity contribution in [2.24, 2.45) is 0 Å². The monoisotopic (exact) mass is 265 g/mol. The van der Waals surface area contributed by atoms with Gasteiger partial charge in [0, 0.05) is 12.0 Å². The number of carbonyl (C=O) groups is 1. The number of benzene rings is 1. The van der Waals surface area contributed by atoms with Gasteiger partial charge in [-0.2, -0.15) is 0 Å². The van der Waals surface area contributed by atoms with E-state index in [1.165, 1.54) is 12.1 Å². The minimum absolute atomic E-state index is 0.105. The number of halogens is 1. The zero-order valence-electron chi connectivity index (χ0n) is 12.0. The molecule has 19 heavy (non-hydrogen) atoms. The molecule has 0 aliphatic carbocycles. The summed E-state index contributed by atoms with van der Waals surface area (Å²) in [5, 5.41) is 0. The number of hydrogen-bond acceptors (Lipinski definition) is 2. The van der Waals surface area contributed by atoms with Gasteiger partial charge >= 0.3 is 0 Å². The minimum Gasteiger partial charge on any atom is -0.303 e. The molecule has 1 rings (SSSR count). The Morgan fingerprint density at radius 2 is 1.63 bits per heavy atom. The lowest BCUT2D eigenvalue weighted by molar-refractivity contribution is 0.0974. The third-order valence-electron chi connectivity index (χ3n) is 3.12. The summed E-state index contributed by atoms with van der Waals surface area (Å²) in [6.45, 7) is 7.50. The average Bonchev–Trinajstić information content (AvgIpc) is 2.40. The Kier molecular flexibility index (Phi) is 7.34. The Labute approximate surface area is 115 Å². The SMILES string of the molecule is CCCN(CCC)CCCC(=O)c1ccc(F)cc1. The molecule has 0 atom stereocenters. The molecule has 0 bridgehead atoms. The summed E-state index contributed by atoms with van der Waals surface area (Å²) < 4.78 is 12.8. The second-order valence-electron chi connectivity index (χ2n) is 4.88. The Balaban J connectivity index is 2.35. The number of hydrogen-bond donors (Lipinski definition) is 0. The van der Waals surface area contributed by atoms with Crippen molar-refractivity contribution in [3.8, 4) is 0 Å². The van der Waals surface area contributed by atoms with E-state index in [-0.39, 0.29) is 11.6 Å². The lowest BCUT2D eigenvalue weighted by atomic mass is 10.1. The fourth-order valence-corrected chi connectivity index (χ4v) is 2.21. The van der Waals surface area contributed by atoms with E-state index >= 15 is 0 Å². The van der Waals surface area contributed by atoms with Gasteiger partial charge in [-0.25, -0.2) is 4.39 Å². The van der Waals surface area contributed by atoms with Crippen LogP contribution in [-0.4, -0.2) is 30.3 Å². The van der Waals surface area contributed by atoms with Crippen molar-refractivity contribution in [1.82, 2.24) is 4.90 Å². The summed E-state index contributed by atoms with van der Waals surface area (Å²) in [6, 6.07) is 5.81. The highest BCUT2D eigenvalue weighted by molar-refractivity contribution is 5.95. The molecule has 0 heterocycles. The van der Waals surface area contributed by atoms with E-state index in [1.54, 1.807) is 12.1 Å². The second kappa shape index (κ2) is 8.81. The van der Waals surface area contributed by atoms with Crippen LogP contribution in [0.15, 0.2) is 24.3 Å². The van der Waals surface area contributed by atoms with E-state index < -0.39 is 0 Å². The summed E-state index contributed by atoms with van der Waals surface area (Å²) in [5.41, 5.74) is 0.610. The van der Waals surface area contributed by atoms with Gasteiger partial charge in [-0.05, 0) is 63.2 Å². The van der Waals surface area contributed by atoms with Crippen molar-refractivity contribution in [3.05, 3.63) is 35.6 Å². The Morgan fingerprint density at radius 3 is 2.16 bits per heavy atom. The third kappa shape index (κ3) is 5.97. The third-order valence-corrected chi connectivity index (χ3v) is 3.12. The van der Waals surface area contributed by atoms with Gasteiger partial charge in [0.05, 0.1) is 0 Å². The van der Waals surface area contributed by atoms with Crippen LogP contribution < -0.4 is 0 Å². The molecule has 0 N–H and O–H groups in total. The Morgan fingerprint density at radius 1 is 1.05 bits per heavy atom. The van der Waals surface area contributed by atoms with Crippen LogP contribution in [0.5, 0.6) is 0 Å². The van der Waals surface area contributed by atoms with E-state index in [0.29, 0.717) is 12.0 Å². The lowest BCUT2D eigenvalue weighted by Gasteiger charge is -2.20. The predicted molar refractivity (Wildman–Crippen MR) is 77.0 cm³/mol. The number of rotatable bonds is 9.